The van der Waals surface area contributed by atoms with E-state index in [9.17, 15) is 5.11 Å². The summed E-state index contributed by atoms with van der Waals surface area (Å²) in [5, 5.41) is 9.19. The molecule has 1 saturated heterocycles. The Hall–Kier alpha value is -1.78. The van der Waals surface area contributed by atoms with Crippen LogP contribution in [0.15, 0.2) is 36.7 Å². The monoisotopic (exact) mass is 297 g/mol. The predicted octanol–water partition coefficient (Wildman–Crippen LogP) is 2.51. The SMILES string of the molecule is Cc1cccc(Cc2cncc(C3CCCN3CCO)n2)c1. The highest BCUT2D eigenvalue weighted by Crippen LogP contribution is 2.30. The summed E-state index contributed by atoms with van der Waals surface area (Å²) in [6.07, 6.45) is 6.81. The number of hydrogen-bond acceptors (Lipinski definition) is 4. The fraction of sp³-hybridized carbons (Fsp3) is 0.444. The average molecular weight is 297 g/mol. The number of aliphatic hydroxyl groups is 1. The van der Waals surface area contributed by atoms with Crippen molar-refractivity contribution in [3.05, 3.63) is 59.2 Å². The second kappa shape index (κ2) is 6.99. The third-order valence-electron chi connectivity index (χ3n) is 4.26. The second-order valence-corrected chi connectivity index (χ2v) is 6.02. The molecule has 1 N–H and O–H groups in total. The lowest BCUT2D eigenvalue weighted by Gasteiger charge is -2.23. The summed E-state index contributed by atoms with van der Waals surface area (Å²) in [6.45, 7) is 4.06. The third-order valence-corrected chi connectivity index (χ3v) is 4.26. The molecule has 1 aliphatic heterocycles. The Morgan fingerprint density at radius 2 is 2.23 bits per heavy atom. The Morgan fingerprint density at radius 3 is 3.05 bits per heavy atom. The molecule has 1 aromatic carbocycles. The van der Waals surface area contributed by atoms with Crippen molar-refractivity contribution in [1.29, 1.82) is 0 Å². The highest BCUT2D eigenvalue weighted by Gasteiger charge is 2.26. The maximum Gasteiger partial charge on any atom is 0.0761 e. The van der Waals surface area contributed by atoms with E-state index in [-0.39, 0.29) is 6.61 Å². The Bertz CT molecular complexity index is 629. The van der Waals surface area contributed by atoms with Crippen LogP contribution in [0.3, 0.4) is 0 Å². The van der Waals surface area contributed by atoms with Crippen LogP contribution in [-0.2, 0) is 6.42 Å². The largest absolute Gasteiger partial charge is 0.395 e. The molecule has 0 saturated carbocycles. The van der Waals surface area contributed by atoms with Gasteiger partial charge in [-0.1, -0.05) is 29.8 Å². The Labute approximate surface area is 131 Å². The van der Waals surface area contributed by atoms with Gasteiger partial charge in [0.05, 0.1) is 24.0 Å². The summed E-state index contributed by atoms with van der Waals surface area (Å²) in [6, 6.07) is 8.83. The first kappa shape index (κ1) is 15.1. The first-order valence-electron chi connectivity index (χ1n) is 7.97. The van der Waals surface area contributed by atoms with E-state index in [1.807, 2.05) is 12.4 Å². The zero-order chi connectivity index (χ0) is 15.4. The fourth-order valence-corrected chi connectivity index (χ4v) is 3.26. The predicted molar refractivity (Wildman–Crippen MR) is 86.7 cm³/mol. The molecule has 22 heavy (non-hydrogen) atoms. The number of hydrogen-bond donors (Lipinski definition) is 1. The van der Waals surface area contributed by atoms with Crippen LogP contribution >= 0.6 is 0 Å². The molecular formula is C18H23N3O. The van der Waals surface area contributed by atoms with Gasteiger partial charge in [0, 0.05) is 25.4 Å². The van der Waals surface area contributed by atoms with Gasteiger partial charge in [-0.2, -0.15) is 0 Å². The Kier molecular flexibility index (Phi) is 4.80. The van der Waals surface area contributed by atoms with Crippen LogP contribution in [0.4, 0.5) is 0 Å². The van der Waals surface area contributed by atoms with Gasteiger partial charge < -0.3 is 5.11 Å². The molecule has 1 atom stereocenters. The molecule has 0 spiro atoms. The molecule has 4 nitrogen and oxygen atoms in total. The lowest BCUT2D eigenvalue weighted by molar-refractivity contribution is 0.183. The van der Waals surface area contributed by atoms with Crippen LogP contribution < -0.4 is 0 Å². The van der Waals surface area contributed by atoms with Crippen molar-refractivity contribution in [1.82, 2.24) is 14.9 Å². The molecule has 1 fully saturated rings. The summed E-state index contributed by atoms with van der Waals surface area (Å²) in [4.78, 5) is 11.5. The highest BCUT2D eigenvalue weighted by molar-refractivity contribution is 5.26. The summed E-state index contributed by atoms with van der Waals surface area (Å²) in [7, 11) is 0. The molecule has 2 aromatic rings. The Balaban J connectivity index is 1.77. The van der Waals surface area contributed by atoms with E-state index in [0.717, 1.165) is 37.2 Å². The van der Waals surface area contributed by atoms with Gasteiger partial charge in [-0.15, -0.1) is 0 Å². The van der Waals surface area contributed by atoms with Gasteiger partial charge in [-0.25, -0.2) is 0 Å². The first-order chi connectivity index (χ1) is 10.8. The molecule has 0 aliphatic carbocycles. The van der Waals surface area contributed by atoms with Crippen LogP contribution in [0.1, 0.15) is 41.4 Å². The third kappa shape index (κ3) is 3.51. The van der Waals surface area contributed by atoms with Crippen molar-refractivity contribution in [2.45, 2.75) is 32.2 Å². The number of likely N-dealkylation sites (tertiary alicyclic amines) is 1. The molecule has 1 aromatic heterocycles. The molecule has 0 amide bonds. The summed E-state index contributed by atoms with van der Waals surface area (Å²) < 4.78 is 0. The van der Waals surface area contributed by atoms with Crippen molar-refractivity contribution in [2.24, 2.45) is 0 Å². The molecular weight excluding hydrogens is 274 g/mol. The minimum absolute atomic E-state index is 0.201. The number of rotatable bonds is 5. The number of benzene rings is 1. The van der Waals surface area contributed by atoms with Crippen LogP contribution in [0.5, 0.6) is 0 Å². The van der Waals surface area contributed by atoms with E-state index in [2.05, 4.69) is 41.1 Å². The molecule has 4 heteroatoms. The number of nitrogens with zero attached hydrogens (tertiary/aromatic N) is 3. The minimum atomic E-state index is 0.201. The molecule has 3 rings (SSSR count). The number of aromatic nitrogens is 2. The molecule has 1 unspecified atom stereocenters. The average Bonchev–Trinajstić information content (AvgIpc) is 2.96. The topological polar surface area (TPSA) is 49.2 Å². The van der Waals surface area contributed by atoms with Crippen molar-refractivity contribution in [3.63, 3.8) is 0 Å². The molecule has 0 bridgehead atoms. The van der Waals surface area contributed by atoms with E-state index < -0.39 is 0 Å². The van der Waals surface area contributed by atoms with Crippen molar-refractivity contribution in [3.8, 4) is 0 Å². The maximum absolute atomic E-state index is 9.19. The number of aliphatic hydroxyl groups excluding tert-OH is 1. The van der Waals surface area contributed by atoms with E-state index in [4.69, 9.17) is 4.98 Å². The lowest BCUT2D eigenvalue weighted by Crippen LogP contribution is -2.27. The maximum atomic E-state index is 9.19. The van der Waals surface area contributed by atoms with Crippen molar-refractivity contribution >= 4 is 0 Å². The second-order valence-electron chi connectivity index (χ2n) is 6.02. The van der Waals surface area contributed by atoms with E-state index >= 15 is 0 Å². The van der Waals surface area contributed by atoms with Gasteiger partial charge >= 0.3 is 0 Å². The van der Waals surface area contributed by atoms with Gasteiger partial charge in [-0.3, -0.25) is 14.9 Å². The molecule has 116 valence electrons. The van der Waals surface area contributed by atoms with E-state index in [1.54, 1.807) is 0 Å². The number of β-amino-alcohol motifs (C(OH)–C–C–N with tert-alkyl or cyclic N) is 1. The van der Waals surface area contributed by atoms with Gasteiger partial charge in [0.15, 0.2) is 0 Å². The quantitative estimate of drug-likeness (QED) is 0.921. The minimum Gasteiger partial charge on any atom is -0.395 e. The van der Waals surface area contributed by atoms with Gasteiger partial charge in [0.25, 0.3) is 0 Å². The zero-order valence-electron chi connectivity index (χ0n) is 13.1. The summed E-state index contributed by atoms with van der Waals surface area (Å²) in [5.41, 5.74) is 4.59. The highest BCUT2D eigenvalue weighted by atomic mass is 16.3. The Morgan fingerprint density at radius 1 is 1.32 bits per heavy atom. The molecule has 2 heterocycles. The lowest BCUT2D eigenvalue weighted by atomic mass is 10.1. The molecule has 0 radical (unpaired) electrons. The number of aryl methyl sites for hydroxylation is 1. The fourth-order valence-electron chi connectivity index (χ4n) is 3.26. The smallest absolute Gasteiger partial charge is 0.0761 e. The van der Waals surface area contributed by atoms with Gasteiger partial charge in [-0.05, 0) is 31.9 Å². The summed E-state index contributed by atoms with van der Waals surface area (Å²) >= 11 is 0. The van der Waals surface area contributed by atoms with Crippen molar-refractivity contribution in [2.75, 3.05) is 19.7 Å². The van der Waals surface area contributed by atoms with Crippen LogP contribution in [0.25, 0.3) is 0 Å². The normalized spacial score (nSPS) is 18.7. The van der Waals surface area contributed by atoms with E-state index in [1.165, 1.54) is 11.1 Å². The summed E-state index contributed by atoms with van der Waals surface area (Å²) in [5.74, 6) is 0. The first-order valence-corrected chi connectivity index (χ1v) is 7.97. The standard InChI is InChI=1S/C18H23N3O/c1-14-4-2-5-15(10-14)11-16-12-19-13-17(20-16)18-6-3-7-21(18)8-9-22/h2,4-5,10,12-13,18,22H,3,6-9,11H2,1H3. The van der Waals surface area contributed by atoms with Crippen LogP contribution in [0.2, 0.25) is 0 Å². The molecule has 1 aliphatic rings. The van der Waals surface area contributed by atoms with Crippen LogP contribution in [-0.4, -0.2) is 39.7 Å². The van der Waals surface area contributed by atoms with Gasteiger partial charge in [0.1, 0.15) is 0 Å². The zero-order valence-corrected chi connectivity index (χ0v) is 13.1. The van der Waals surface area contributed by atoms with E-state index in [0.29, 0.717) is 12.6 Å². The van der Waals surface area contributed by atoms with Crippen molar-refractivity contribution < 1.29 is 5.11 Å². The van der Waals surface area contributed by atoms with Gasteiger partial charge in [0.2, 0.25) is 0 Å². The van der Waals surface area contributed by atoms with Crippen LogP contribution in [0, 0.1) is 6.92 Å².